The fourth-order valence-electron chi connectivity index (χ4n) is 1.58. The first-order valence-electron chi connectivity index (χ1n) is 5.97. The second-order valence-corrected chi connectivity index (χ2v) is 5.14. The van der Waals surface area contributed by atoms with Crippen molar-refractivity contribution in [3.63, 3.8) is 0 Å². The van der Waals surface area contributed by atoms with Crippen molar-refractivity contribution in [2.75, 3.05) is 11.9 Å². The average molecular weight is 309 g/mol. The number of carboxylic acid groups (broad SMARTS) is 1. The van der Waals surface area contributed by atoms with Crippen molar-refractivity contribution in [1.29, 1.82) is 0 Å². The average Bonchev–Trinajstić information content (AvgIpc) is 2.89. The number of carbonyl (C=O) groups excluding carboxylic acids is 1. The van der Waals surface area contributed by atoms with Crippen LogP contribution in [0.15, 0.2) is 29.6 Å². The topological polar surface area (TPSA) is 75.6 Å². The quantitative estimate of drug-likeness (QED) is 0.890. The molecule has 0 bridgehead atoms. The van der Waals surface area contributed by atoms with Gasteiger partial charge in [0.2, 0.25) is 0 Å². The Labute approximate surface area is 124 Å². The molecule has 1 amide bonds. The van der Waals surface area contributed by atoms with Crippen molar-refractivity contribution >= 4 is 28.9 Å². The van der Waals surface area contributed by atoms with Crippen LogP contribution in [0.5, 0.6) is 5.75 Å². The lowest BCUT2D eigenvalue weighted by Gasteiger charge is -2.08. The van der Waals surface area contributed by atoms with Gasteiger partial charge in [0.15, 0.2) is 11.5 Å². The molecular weight excluding hydrogens is 297 g/mol. The molecule has 0 unspecified atom stereocenters. The number of thiophene rings is 1. The molecule has 1 heterocycles. The summed E-state index contributed by atoms with van der Waals surface area (Å²) in [5.74, 6) is -1.89. The first kappa shape index (κ1) is 15.0. The number of ether oxygens (including phenoxy) is 1. The van der Waals surface area contributed by atoms with Crippen LogP contribution in [0.1, 0.15) is 15.2 Å². The highest BCUT2D eigenvalue weighted by Crippen LogP contribution is 2.24. The molecule has 21 heavy (non-hydrogen) atoms. The Balaban J connectivity index is 1.94. The van der Waals surface area contributed by atoms with Crippen LogP contribution in [0.3, 0.4) is 0 Å². The van der Waals surface area contributed by atoms with Gasteiger partial charge in [-0.1, -0.05) is 6.07 Å². The van der Waals surface area contributed by atoms with Crippen LogP contribution in [0, 0.1) is 12.7 Å². The predicted molar refractivity (Wildman–Crippen MR) is 76.5 cm³/mol. The van der Waals surface area contributed by atoms with Gasteiger partial charge >= 0.3 is 5.97 Å². The summed E-state index contributed by atoms with van der Waals surface area (Å²) >= 11 is 1.01. The molecule has 0 radical (unpaired) electrons. The summed E-state index contributed by atoms with van der Waals surface area (Å²) in [7, 11) is 0. The summed E-state index contributed by atoms with van der Waals surface area (Å²) in [6.07, 6.45) is 0. The molecule has 7 heteroatoms. The zero-order valence-electron chi connectivity index (χ0n) is 11.1. The largest absolute Gasteiger partial charge is 0.482 e. The van der Waals surface area contributed by atoms with E-state index in [0.29, 0.717) is 11.3 Å². The van der Waals surface area contributed by atoms with Crippen LogP contribution in [0.2, 0.25) is 0 Å². The molecule has 0 aliphatic carbocycles. The molecule has 0 atom stereocenters. The number of carbonyl (C=O) groups is 2. The van der Waals surface area contributed by atoms with Crippen LogP contribution in [-0.4, -0.2) is 23.6 Å². The SMILES string of the molecule is Cc1ccc(NC(=O)COc2ccsc2C(=O)O)cc1F. The van der Waals surface area contributed by atoms with Gasteiger partial charge in [-0.25, -0.2) is 9.18 Å². The van der Waals surface area contributed by atoms with Crippen LogP contribution < -0.4 is 10.1 Å². The Morgan fingerprint density at radius 1 is 1.38 bits per heavy atom. The van der Waals surface area contributed by atoms with Crippen molar-refractivity contribution in [1.82, 2.24) is 0 Å². The molecule has 0 fully saturated rings. The summed E-state index contributed by atoms with van der Waals surface area (Å²) < 4.78 is 18.5. The Kier molecular flexibility index (Phi) is 4.54. The minimum atomic E-state index is -1.11. The number of benzene rings is 1. The first-order valence-corrected chi connectivity index (χ1v) is 6.85. The zero-order valence-corrected chi connectivity index (χ0v) is 11.9. The minimum absolute atomic E-state index is 0.0316. The van der Waals surface area contributed by atoms with Gasteiger partial charge in [-0.05, 0) is 36.1 Å². The summed E-state index contributed by atoms with van der Waals surface area (Å²) in [6, 6.07) is 5.81. The molecular formula is C14H12FNO4S. The molecule has 0 saturated carbocycles. The van der Waals surface area contributed by atoms with Crippen molar-refractivity contribution in [2.45, 2.75) is 6.92 Å². The smallest absolute Gasteiger partial charge is 0.349 e. The lowest BCUT2D eigenvalue weighted by Crippen LogP contribution is -2.20. The van der Waals surface area contributed by atoms with Gasteiger partial charge in [-0.2, -0.15) is 0 Å². The number of anilines is 1. The van der Waals surface area contributed by atoms with Gasteiger partial charge in [0.25, 0.3) is 5.91 Å². The molecule has 0 aliphatic heterocycles. The molecule has 2 aromatic rings. The maximum Gasteiger partial charge on any atom is 0.349 e. The highest BCUT2D eigenvalue weighted by molar-refractivity contribution is 7.12. The highest BCUT2D eigenvalue weighted by atomic mass is 32.1. The summed E-state index contributed by atoms with van der Waals surface area (Å²) in [5, 5.41) is 12.9. The number of rotatable bonds is 5. The van der Waals surface area contributed by atoms with Crippen molar-refractivity contribution in [2.24, 2.45) is 0 Å². The van der Waals surface area contributed by atoms with E-state index in [1.807, 2.05) is 0 Å². The van der Waals surface area contributed by atoms with Crippen molar-refractivity contribution in [3.8, 4) is 5.75 Å². The Bertz CT molecular complexity index is 683. The lowest BCUT2D eigenvalue weighted by atomic mass is 10.2. The third-order valence-electron chi connectivity index (χ3n) is 2.64. The first-order chi connectivity index (χ1) is 9.97. The normalized spacial score (nSPS) is 10.2. The van der Waals surface area contributed by atoms with Gasteiger partial charge in [0.1, 0.15) is 11.6 Å². The molecule has 5 nitrogen and oxygen atoms in total. The van der Waals surface area contributed by atoms with Gasteiger partial charge in [0, 0.05) is 5.69 Å². The van der Waals surface area contributed by atoms with E-state index >= 15 is 0 Å². The summed E-state index contributed by atoms with van der Waals surface area (Å²) in [5.41, 5.74) is 0.795. The van der Waals surface area contributed by atoms with Crippen LogP contribution >= 0.6 is 11.3 Å². The van der Waals surface area contributed by atoms with E-state index in [9.17, 15) is 14.0 Å². The van der Waals surface area contributed by atoms with Crippen LogP contribution in [0.25, 0.3) is 0 Å². The van der Waals surface area contributed by atoms with Gasteiger partial charge in [-0.15, -0.1) is 11.3 Å². The Morgan fingerprint density at radius 2 is 2.14 bits per heavy atom. The molecule has 0 aliphatic rings. The number of nitrogens with one attached hydrogen (secondary N) is 1. The number of amides is 1. The van der Waals surface area contributed by atoms with E-state index in [2.05, 4.69) is 5.32 Å². The van der Waals surface area contributed by atoms with E-state index in [1.54, 1.807) is 24.4 Å². The maximum atomic E-state index is 13.3. The second kappa shape index (κ2) is 6.36. The molecule has 0 spiro atoms. The number of aryl methyl sites for hydroxylation is 1. The fraction of sp³-hybridized carbons (Fsp3) is 0.143. The van der Waals surface area contributed by atoms with Crippen molar-refractivity contribution < 1.29 is 23.8 Å². The van der Waals surface area contributed by atoms with Gasteiger partial charge < -0.3 is 15.2 Å². The van der Waals surface area contributed by atoms with Gasteiger partial charge in [-0.3, -0.25) is 4.79 Å². The Hall–Kier alpha value is -2.41. The molecule has 2 rings (SSSR count). The number of hydrogen-bond acceptors (Lipinski definition) is 4. The standard InChI is InChI=1S/C14H12FNO4S/c1-8-2-3-9(6-10(8)15)16-12(17)7-20-11-4-5-21-13(11)14(18)19/h2-6H,7H2,1H3,(H,16,17)(H,18,19). The molecule has 110 valence electrons. The number of hydrogen-bond donors (Lipinski definition) is 2. The monoisotopic (exact) mass is 309 g/mol. The van der Waals surface area contributed by atoms with Crippen LogP contribution in [0.4, 0.5) is 10.1 Å². The Morgan fingerprint density at radius 3 is 2.81 bits per heavy atom. The highest BCUT2D eigenvalue weighted by Gasteiger charge is 2.14. The zero-order chi connectivity index (χ0) is 15.4. The maximum absolute atomic E-state index is 13.3. The summed E-state index contributed by atoms with van der Waals surface area (Å²) in [6.45, 7) is 1.26. The molecule has 0 saturated heterocycles. The number of carboxylic acids is 1. The lowest BCUT2D eigenvalue weighted by molar-refractivity contribution is -0.118. The van der Waals surface area contributed by atoms with E-state index in [-0.39, 0.29) is 17.2 Å². The summed E-state index contributed by atoms with van der Waals surface area (Å²) in [4.78, 5) is 22.6. The van der Waals surface area contributed by atoms with E-state index in [0.717, 1.165) is 11.3 Å². The second-order valence-electron chi connectivity index (χ2n) is 4.22. The molecule has 2 N–H and O–H groups in total. The number of aromatic carboxylic acids is 1. The van der Waals surface area contributed by atoms with E-state index in [4.69, 9.17) is 9.84 Å². The fourth-order valence-corrected chi connectivity index (χ4v) is 2.25. The van der Waals surface area contributed by atoms with Crippen molar-refractivity contribution in [3.05, 3.63) is 45.9 Å². The third-order valence-corrected chi connectivity index (χ3v) is 3.52. The molecule has 1 aromatic carbocycles. The van der Waals surface area contributed by atoms with E-state index in [1.165, 1.54) is 12.1 Å². The number of halogens is 1. The van der Waals surface area contributed by atoms with Gasteiger partial charge in [0.05, 0.1) is 0 Å². The molecule has 1 aromatic heterocycles. The van der Waals surface area contributed by atoms with Crippen LogP contribution in [-0.2, 0) is 4.79 Å². The minimum Gasteiger partial charge on any atom is -0.482 e. The third kappa shape index (κ3) is 3.79. The van der Waals surface area contributed by atoms with E-state index < -0.39 is 17.7 Å². The predicted octanol–water partition coefficient (Wildman–Crippen LogP) is 2.91.